The van der Waals surface area contributed by atoms with E-state index in [0.29, 0.717) is 22.0 Å². The predicted molar refractivity (Wildman–Crippen MR) is 134 cm³/mol. The first-order chi connectivity index (χ1) is 16.5. The molecule has 5 rings (SSSR count). The molecule has 0 aromatic heterocycles. The normalized spacial score (nSPS) is 20.0. The lowest BCUT2D eigenvalue weighted by molar-refractivity contribution is -0.123. The lowest BCUT2D eigenvalue weighted by Crippen LogP contribution is -2.56. The maximum Gasteiger partial charge on any atom is 0.253 e. The molecule has 1 N–H and O–H groups in total. The van der Waals surface area contributed by atoms with Gasteiger partial charge in [-0.25, -0.2) is 0 Å². The Bertz CT molecular complexity index is 1100. The quantitative estimate of drug-likeness (QED) is 0.707. The van der Waals surface area contributed by atoms with E-state index in [9.17, 15) is 14.4 Å². The summed E-state index contributed by atoms with van der Waals surface area (Å²) < 4.78 is 0. The molecule has 1 atom stereocenters. The lowest BCUT2D eigenvalue weighted by Gasteiger charge is -2.45. The highest BCUT2D eigenvalue weighted by molar-refractivity contribution is 6.30. The highest BCUT2D eigenvalue weighted by Crippen LogP contribution is 2.40. The number of carbonyl (C=O) groups is 3. The van der Waals surface area contributed by atoms with Crippen molar-refractivity contribution in [1.82, 2.24) is 4.90 Å². The van der Waals surface area contributed by atoms with E-state index in [2.05, 4.69) is 10.2 Å². The molecule has 178 valence electrons. The van der Waals surface area contributed by atoms with Gasteiger partial charge >= 0.3 is 0 Å². The van der Waals surface area contributed by atoms with Gasteiger partial charge in [-0.3, -0.25) is 19.3 Å². The minimum Gasteiger partial charge on any atom is -0.358 e. The van der Waals surface area contributed by atoms with Gasteiger partial charge in [0.05, 0.1) is 11.4 Å². The van der Waals surface area contributed by atoms with Crippen LogP contribution >= 0.6 is 11.6 Å². The van der Waals surface area contributed by atoms with Crippen LogP contribution in [0.15, 0.2) is 42.5 Å². The van der Waals surface area contributed by atoms with Gasteiger partial charge in [0.2, 0.25) is 11.8 Å². The van der Waals surface area contributed by atoms with E-state index in [1.54, 1.807) is 35.2 Å². The van der Waals surface area contributed by atoms with Crippen LogP contribution in [-0.2, 0) is 9.59 Å². The third kappa shape index (κ3) is 4.49. The summed E-state index contributed by atoms with van der Waals surface area (Å²) in [5.74, 6) is -0.388. The average molecular weight is 481 g/mol. The van der Waals surface area contributed by atoms with E-state index in [0.717, 1.165) is 63.8 Å². The maximum absolute atomic E-state index is 13.5. The van der Waals surface area contributed by atoms with Crippen LogP contribution in [0, 0.1) is 0 Å². The molecule has 2 saturated heterocycles. The van der Waals surface area contributed by atoms with Crippen LogP contribution in [0.1, 0.15) is 48.9 Å². The lowest BCUT2D eigenvalue weighted by atomic mass is 9.95. The third-order valence-electron chi connectivity index (χ3n) is 6.95. The molecule has 0 aliphatic carbocycles. The topological polar surface area (TPSA) is 73.0 Å². The summed E-state index contributed by atoms with van der Waals surface area (Å²) in [4.78, 5) is 45.2. The summed E-state index contributed by atoms with van der Waals surface area (Å²) in [6.45, 7) is 2.21. The first-order valence-corrected chi connectivity index (χ1v) is 12.5. The van der Waals surface area contributed by atoms with Gasteiger partial charge in [-0.1, -0.05) is 11.6 Å². The second kappa shape index (κ2) is 9.66. The van der Waals surface area contributed by atoms with E-state index in [1.807, 2.05) is 17.0 Å². The molecule has 3 amide bonds. The number of nitrogens with zero attached hydrogens (tertiary/aromatic N) is 3. The highest BCUT2D eigenvalue weighted by atomic mass is 35.5. The van der Waals surface area contributed by atoms with Crippen LogP contribution in [0.5, 0.6) is 0 Å². The molecular formula is C26H29ClN4O3. The molecule has 8 heteroatoms. The molecule has 34 heavy (non-hydrogen) atoms. The van der Waals surface area contributed by atoms with Gasteiger partial charge in [0.1, 0.15) is 12.6 Å². The Morgan fingerprint density at radius 2 is 1.65 bits per heavy atom. The molecule has 3 aliphatic rings. The Morgan fingerprint density at radius 1 is 0.912 bits per heavy atom. The zero-order chi connectivity index (χ0) is 23.7. The van der Waals surface area contributed by atoms with Crippen LogP contribution < -0.4 is 15.1 Å². The first-order valence-electron chi connectivity index (χ1n) is 12.1. The van der Waals surface area contributed by atoms with Crippen molar-refractivity contribution in [2.45, 2.75) is 44.6 Å². The fourth-order valence-electron chi connectivity index (χ4n) is 5.21. The van der Waals surface area contributed by atoms with Crippen LogP contribution in [0.2, 0.25) is 5.02 Å². The SMILES string of the molecule is O=C(CN1C(=O)[C@@H]2CCCCN2c2ccc(C(=O)N3CCCCC3)cc21)Nc1ccc(Cl)cc1. The summed E-state index contributed by atoms with van der Waals surface area (Å²) in [6.07, 6.45) is 5.95. The molecule has 2 aromatic carbocycles. The van der Waals surface area contributed by atoms with Crippen molar-refractivity contribution in [3.8, 4) is 0 Å². The van der Waals surface area contributed by atoms with Crippen LogP contribution in [-0.4, -0.2) is 54.8 Å². The Labute approximate surface area is 204 Å². The van der Waals surface area contributed by atoms with Crippen molar-refractivity contribution in [2.75, 3.05) is 41.3 Å². The van der Waals surface area contributed by atoms with Crippen molar-refractivity contribution in [3.63, 3.8) is 0 Å². The Hall–Kier alpha value is -3.06. The standard InChI is InChI=1S/C26H29ClN4O3/c27-19-8-10-20(11-9-19)28-24(32)17-31-23-16-18(25(33)29-13-3-1-4-14-29)7-12-21(23)30-15-5-2-6-22(30)26(31)34/h7-12,16,22H,1-6,13-15,17H2,(H,28,32)/t22-/m0/s1. The van der Waals surface area contributed by atoms with Gasteiger partial charge in [0, 0.05) is 35.9 Å². The number of hydrogen-bond donors (Lipinski definition) is 1. The number of carbonyl (C=O) groups excluding carboxylic acids is 3. The fourth-order valence-corrected chi connectivity index (χ4v) is 5.34. The number of anilines is 3. The third-order valence-corrected chi connectivity index (χ3v) is 7.20. The van der Waals surface area contributed by atoms with Crippen molar-refractivity contribution in [2.24, 2.45) is 0 Å². The summed E-state index contributed by atoms with van der Waals surface area (Å²) in [6, 6.07) is 12.2. The van der Waals surface area contributed by atoms with E-state index < -0.39 is 0 Å². The molecule has 0 spiro atoms. The summed E-state index contributed by atoms with van der Waals surface area (Å²) in [5, 5.41) is 3.43. The smallest absolute Gasteiger partial charge is 0.253 e. The number of likely N-dealkylation sites (tertiary alicyclic amines) is 1. The van der Waals surface area contributed by atoms with Gasteiger partial charge in [-0.2, -0.15) is 0 Å². The number of nitrogens with one attached hydrogen (secondary N) is 1. The predicted octanol–water partition coefficient (Wildman–Crippen LogP) is 4.31. The van der Waals surface area contributed by atoms with Crippen LogP contribution in [0.4, 0.5) is 17.1 Å². The largest absolute Gasteiger partial charge is 0.358 e. The molecule has 0 saturated carbocycles. The Balaban J connectivity index is 1.44. The zero-order valence-corrected chi connectivity index (χ0v) is 19.9. The minimum atomic E-state index is -0.293. The molecule has 0 bridgehead atoms. The van der Waals surface area contributed by atoms with E-state index in [-0.39, 0.29) is 30.3 Å². The van der Waals surface area contributed by atoms with Gasteiger partial charge in [0.25, 0.3) is 5.91 Å². The molecule has 0 unspecified atom stereocenters. The molecule has 0 radical (unpaired) electrons. The van der Waals surface area contributed by atoms with E-state index in [1.165, 1.54) is 0 Å². The van der Waals surface area contributed by atoms with Crippen LogP contribution in [0.3, 0.4) is 0 Å². The minimum absolute atomic E-state index is 0.0127. The monoisotopic (exact) mass is 480 g/mol. The second-order valence-corrected chi connectivity index (χ2v) is 9.68. The Kier molecular flexibility index (Phi) is 6.46. The van der Waals surface area contributed by atoms with Crippen molar-refractivity contribution in [3.05, 3.63) is 53.1 Å². The van der Waals surface area contributed by atoms with E-state index >= 15 is 0 Å². The fraction of sp³-hybridized carbons (Fsp3) is 0.423. The second-order valence-electron chi connectivity index (χ2n) is 9.24. The van der Waals surface area contributed by atoms with Crippen molar-refractivity contribution < 1.29 is 14.4 Å². The number of fused-ring (bicyclic) bond motifs is 3. The zero-order valence-electron chi connectivity index (χ0n) is 19.1. The Morgan fingerprint density at radius 3 is 2.41 bits per heavy atom. The van der Waals surface area contributed by atoms with Gasteiger partial charge in [0.15, 0.2) is 0 Å². The molecule has 2 fully saturated rings. The number of benzene rings is 2. The van der Waals surface area contributed by atoms with Crippen molar-refractivity contribution >= 4 is 46.4 Å². The number of piperidine rings is 2. The molecule has 2 aromatic rings. The van der Waals surface area contributed by atoms with E-state index in [4.69, 9.17) is 11.6 Å². The van der Waals surface area contributed by atoms with Gasteiger partial charge < -0.3 is 15.1 Å². The van der Waals surface area contributed by atoms with Gasteiger partial charge in [-0.15, -0.1) is 0 Å². The van der Waals surface area contributed by atoms with Crippen LogP contribution in [0.25, 0.3) is 0 Å². The van der Waals surface area contributed by atoms with Gasteiger partial charge in [-0.05, 0) is 81.0 Å². The molecule has 3 heterocycles. The summed E-state index contributed by atoms with van der Waals surface area (Å²) in [5.41, 5.74) is 2.73. The number of hydrogen-bond acceptors (Lipinski definition) is 4. The van der Waals surface area contributed by atoms with Crippen molar-refractivity contribution in [1.29, 1.82) is 0 Å². The number of halogens is 1. The average Bonchev–Trinajstić information content (AvgIpc) is 2.87. The number of amides is 3. The first kappa shape index (κ1) is 22.7. The summed E-state index contributed by atoms with van der Waals surface area (Å²) >= 11 is 5.94. The summed E-state index contributed by atoms with van der Waals surface area (Å²) in [7, 11) is 0. The molecule has 7 nitrogen and oxygen atoms in total. The molecular weight excluding hydrogens is 452 g/mol. The molecule has 3 aliphatic heterocycles. The maximum atomic E-state index is 13.5. The highest BCUT2D eigenvalue weighted by Gasteiger charge is 2.40. The number of rotatable bonds is 4.